The van der Waals surface area contributed by atoms with Crippen molar-refractivity contribution in [2.45, 2.75) is 303 Å². The van der Waals surface area contributed by atoms with E-state index in [0.717, 1.165) is 141 Å². The molecule has 1 unspecified atom stereocenters. The summed E-state index contributed by atoms with van der Waals surface area (Å²) in [4.78, 5) is 38.3. The van der Waals surface area contributed by atoms with Gasteiger partial charge in [0, 0.05) is 19.3 Å². The molecule has 0 saturated heterocycles. The van der Waals surface area contributed by atoms with Gasteiger partial charge in [-0.25, -0.2) is 0 Å². The molecule has 444 valence electrons. The van der Waals surface area contributed by atoms with Gasteiger partial charge in [0.1, 0.15) is 13.2 Å². The van der Waals surface area contributed by atoms with Crippen LogP contribution in [0, 0.1) is 0 Å². The molecule has 0 rings (SSSR count). The molecule has 0 aromatic rings. The Labute approximate surface area is 482 Å². The van der Waals surface area contributed by atoms with E-state index in [1.54, 1.807) is 0 Å². The van der Waals surface area contributed by atoms with Crippen molar-refractivity contribution < 1.29 is 28.6 Å². The first kappa shape index (κ1) is 73.8. The molecule has 78 heavy (non-hydrogen) atoms. The average molecular weight is 1080 g/mol. The Balaban J connectivity index is 4.32. The molecule has 0 aromatic heterocycles. The number of hydrogen-bond donors (Lipinski definition) is 0. The summed E-state index contributed by atoms with van der Waals surface area (Å²) in [7, 11) is 0. The lowest BCUT2D eigenvalue weighted by atomic mass is 10.1. The quantitative estimate of drug-likeness (QED) is 0.0261. The number of hydrogen-bond acceptors (Lipinski definition) is 6. The van der Waals surface area contributed by atoms with Crippen molar-refractivity contribution in [3.63, 3.8) is 0 Å². The molecule has 0 radical (unpaired) electrons. The fourth-order valence-corrected chi connectivity index (χ4v) is 8.81. The van der Waals surface area contributed by atoms with Gasteiger partial charge >= 0.3 is 17.9 Å². The number of carbonyl (C=O) groups excluding carboxylic acids is 3. The summed E-state index contributed by atoms with van der Waals surface area (Å²) in [6.45, 7) is 6.44. The van der Waals surface area contributed by atoms with Crippen molar-refractivity contribution in [2.75, 3.05) is 13.2 Å². The Hall–Kier alpha value is -4.19. The number of allylic oxidation sites excluding steroid dienone is 20. The molecule has 0 aliphatic carbocycles. The Bertz CT molecular complexity index is 1620. The van der Waals surface area contributed by atoms with Gasteiger partial charge in [-0.1, -0.05) is 271 Å². The van der Waals surface area contributed by atoms with Crippen LogP contribution in [0.1, 0.15) is 297 Å². The fraction of sp³-hybridized carbons (Fsp3) is 0.681. The van der Waals surface area contributed by atoms with Crippen LogP contribution in [-0.4, -0.2) is 37.2 Å². The highest BCUT2D eigenvalue weighted by Crippen LogP contribution is 2.15. The van der Waals surface area contributed by atoms with Gasteiger partial charge in [-0.2, -0.15) is 0 Å². The summed E-state index contributed by atoms with van der Waals surface area (Å²) in [5.41, 5.74) is 0. The number of ether oxygens (including phenoxy) is 3. The third-order valence-electron chi connectivity index (χ3n) is 13.7. The molecule has 0 N–H and O–H groups in total. The van der Waals surface area contributed by atoms with Gasteiger partial charge in [-0.05, 0) is 128 Å². The highest BCUT2D eigenvalue weighted by molar-refractivity contribution is 5.71. The first-order valence-corrected chi connectivity index (χ1v) is 32.5. The van der Waals surface area contributed by atoms with E-state index in [0.29, 0.717) is 19.3 Å². The van der Waals surface area contributed by atoms with Crippen LogP contribution in [0.4, 0.5) is 0 Å². The zero-order chi connectivity index (χ0) is 56.4. The largest absolute Gasteiger partial charge is 0.462 e. The zero-order valence-electron chi connectivity index (χ0n) is 50.9. The minimum absolute atomic E-state index is 0.0896. The maximum absolute atomic E-state index is 12.9. The van der Waals surface area contributed by atoms with Crippen molar-refractivity contribution in [1.29, 1.82) is 0 Å². The smallest absolute Gasteiger partial charge is 0.306 e. The van der Waals surface area contributed by atoms with Gasteiger partial charge in [0.05, 0.1) is 0 Å². The van der Waals surface area contributed by atoms with E-state index >= 15 is 0 Å². The normalized spacial score (nSPS) is 12.9. The van der Waals surface area contributed by atoms with Crippen LogP contribution in [-0.2, 0) is 28.6 Å². The van der Waals surface area contributed by atoms with E-state index in [-0.39, 0.29) is 31.1 Å². The Kier molecular flexibility index (Phi) is 61.8. The second-order valence-electron chi connectivity index (χ2n) is 21.3. The van der Waals surface area contributed by atoms with E-state index in [9.17, 15) is 14.4 Å². The third-order valence-corrected chi connectivity index (χ3v) is 13.7. The highest BCUT2D eigenvalue weighted by Gasteiger charge is 2.19. The standard InChI is InChI=1S/C72H120O6/c1-4-7-10-13-16-19-22-25-27-29-31-32-33-34-35-36-37-38-39-40-41-43-44-47-50-53-56-59-62-65-71(74)77-68-69(67-76-70(73)64-61-58-55-52-49-46-24-21-18-15-12-9-6-3)78-72(75)66-63-60-57-54-51-48-45-42-30-28-26-23-20-17-14-11-8-5-2/h7,10,12,15-16,19-21,23-25,27-28,30-32,34-35,37-38,69H,4-6,8-9,11,13-14,17-18,22,26,29,33,36,39-68H2,1-3H3/b10-7-,15-12-,19-16-,23-20-,24-21-,27-25-,30-28-,32-31-,35-34-,38-37-. The average Bonchev–Trinajstić information content (AvgIpc) is 3.44. The van der Waals surface area contributed by atoms with Crippen LogP contribution < -0.4 is 0 Å². The Morgan fingerprint density at radius 1 is 0.269 bits per heavy atom. The van der Waals surface area contributed by atoms with E-state index in [2.05, 4.69) is 142 Å². The lowest BCUT2D eigenvalue weighted by Gasteiger charge is -2.18. The molecular formula is C72H120O6. The van der Waals surface area contributed by atoms with Crippen LogP contribution in [0.2, 0.25) is 0 Å². The van der Waals surface area contributed by atoms with Gasteiger partial charge in [-0.15, -0.1) is 0 Å². The second kappa shape index (κ2) is 65.3. The van der Waals surface area contributed by atoms with Gasteiger partial charge in [-0.3, -0.25) is 14.4 Å². The summed E-state index contributed by atoms with van der Waals surface area (Å²) < 4.78 is 16.9. The molecule has 0 heterocycles. The summed E-state index contributed by atoms with van der Waals surface area (Å²) in [6, 6.07) is 0. The van der Waals surface area contributed by atoms with Crippen molar-refractivity contribution in [2.24, 2.45) is 0 Å². The minimum atomic E-state index is -0.794. The van der Waals surface area contributed by atoms with Gasteiger partial charge in [0.15, 0.2) is 6.10 Å². The maximum atomic E-state index is 12.9. The van der Waals surface area contributed by atoms with Gasteiger partial charge < -0.3 is 14.2 Å². The first-order chi connectivity index (χ1) is 38.5. The van der Waals surface area contributed by atoms with Crippen molar-refractivity contribution >= 4 is 17.9 Å². The third kappa shape index (κ3) is 62.7. The monoisotopic (exact) mass is 1080 g/mol. The number of esters is 3. The number of carbonyl (C=O) groups is 3. The molecule has 0 spiro atoms. The van der Waals surface area contributed by atoms with Crippen LogP contribution in [0.5, 0.6) is 0 Å². The van der Waals surface area contributed by atoms with E-state index in [1.165, 1.54) is 116 Å². The van der Waals surface area contributed by atoms with Crippen molar-refractivity contribution in [3.8, 4) is 0 Å². The molecular weight excluding hydrogens is 961 g/mol. The van der Waals surface area contributed by atoms with Crippen molar-refractivity contribution in [3.05, 3.63) is 122 Å². The summed E-state index contributed by atoms with van der Waals surface area (Å²) in [5, 5.41) is 0. The first-order valence-electron chi connectivity index (χ1n) is 32.5. The van der Waals surface area contributed by atoms with Crippen LogP contribution in [0.25, 0.3) is 0 Å². The number of unbranched alkanes of at least 4 members (excludes halogenated alkanes) is 27. The van der Waals surface area contributed by atoms with Crippen LogP contribution in [0.3, 0.4) is 0 Å². The molecule has 0 fully saturated rings. The Morgan fingerprint density at radius 2 is 0.526 bits per heavy atom. The van der Waals surface area contributed by atoms with Crippen molar-refractivity contribution in [1.82, 2.24) is 0 Å². The summed E-state index contributed by atoms with van der Waals surface area (Å²) in [6.07, 6.45) is 90.6. The molecule has 6 nitrogen and oxygen atoms in total. The van der Waals surface area contributed by atoms with Gasteiger partial charge in [0.2, 0.25) is 0 Å². The van der Waals surface area contributed by atoms with E-state index < -0.39 is 6.10 Å². The molecule has 0 bridgehead atoms. The van der Waals surface area contributed by atoms with Crippen LogP contribution in [0.15, 0.2) is 122 Å². The summed E-state index contributed by atoms with van der Waals surface area (Å²) in [5.74, 6) is -0.911. The topological polar surface area (TPSA) is 78.9 Å². The Morgan fingerprint density at radius 3 is 0.833 bits per heavy atom. The maximum Gasteiger partial charge on any atom is 0.306 e. The van der Waals surface area contributed by atoms with Crippen LogP contribution >= 0.6 is 0 Å². The summed E-state index contributed by atoms with van der Waals surface area (Å²) >= 11 is 0. The SMILES string of the molecule is CC/C=C\C/C=C\C/C=C\C/C=C\C/C=C\C/C=C\CCCCCCCCCCCCC(=O)OCC(COC(=O)CCCCCCC/C=C\C/C=C\CCC)OC(=O)CCCCCCCCC/C=C\C/C=C\CCCCCC. The molecule has 6 heteroatoms. The molecule has 0 aliphatic rings. The molecule has 0 aliphatic heterocycles. The zero-order valence-corrected chi connectivity index (χ0v) is 50.9. The highest BCUT2D eigenvalue weighted by atomic mass is 16.6. The molecule has 0 amide bonds. The predicted molar refractivity (Wildman–Crippen MR) is 339 cm³/mol. The lowest BCUT2D eigenvalue weighted by molar-refractivity contribution is -0.167. The number of rotatable bonds is 58. The van der Waals surface area contributed by atoms with E-state index in [4.69, 9.17) is 14.2 Å². The van der Waals surface area contributed by atoms with Gasteiger partial charge in [0.25, 0.3) is 0 Å². The predicted octanol–water partition coefficient (Wildman–Crippen LogP) is 22.4. The minimum Gasteiger partial charge on any atom is -0.462 e. The lowest BCUT2D eigenvalue weighted by Crippen LogP contribution is -2.30. The van der Waals surface area contributed by atoms with E-state index in [1.807, 2.05) is 0 Å². The molecule has 0 aromatic carbocycles. The fourth-order valence-electron chi connectivity index (χ4n) is 8.81. The molecule has 0 saturated carbocycles. The molecule has 1 atom stereocenters. The second-order valence-corrected chi connectivity index (χ2v) is 21.3.